The molecule has 6 heteroatoms. The number of anilines is 1. The molecular weight excluding hydrogens is 287 g/mol. The number of halogens is 2. The highest BCUT2D eigenvalue weighted by molar-refractivity contribution is 6.36. The average Bonchev–Trinajstić information content (AvgIpc) is 3.10. The van der Waals surface area contributed by atoms with E-state index >= 15 is 0 Å². The number of nitrogens with zero attached hydrogens (tertiary/aromatic N) is 1. The molecule has 1 aromatic rings. The normalized spacial score (nSPS) is 14.1. The molecule has 0 bridgehead atoms. The molecule has 1 aliphatic carbocycles. The summed E-state index contributed by atoms with van der Waals surface area (Å²) in [6.45, 7) is 1.36. The standard InChI is InChI=1S/C13H14Cl2N2O2/c1-8(18)17(7-13(19)16-10-3-4-10)12-5-2-9(14)6-11(12)15/h2,5-6,10H,3-4,7H2,1H3,(H,16,19). The zero-order valence-electron chi connectivity index (χ0n) is 10.5. The van der Waals surface area contributed by atoms with Crippen LogP contribution in [-0.2, 0) is 9.59 Å². The monoisotopic (exact) mass is 300 g/mol. The maximum Gasteiger partial charge on any atom is 0.240 e. The Bertz CT molecular complexity index is 515. The number of amides is 2. The maximum absolute atomic E-state index is 11.8. The van der Waals surface area contributed by atoms with Gasteiger partial charge in [0.05, 0.1) is 10.7 Å². The molecule has 1 N–H and O–H groups in total. The fourth-order valence-corrected chi connectivity index (χ4v) is 2.22. The summed E-state index contributed by atoms with van der Waals surface area (Å²) in [6, 6.07) is 5.09. The molecule has 0 saturated heterocycles. The Morgan fingerprint density at radius 2 is 2.05 bits per heavy atom. The lowest BCUT2D eigenvalue weighted by Crippen LogP contribution is -2.40. The molecular formula is C13H14Cl2N2O2. The molecule has 102 valence electrons. The topological polar surface area (TPSA) is 49.4 Å². The predicted octanol–water partition coefficient (Wildman–Crippen LogP) is 2.62. The summed E-state index contributed by atoms with van der Waals surface area (Å²) < 4.78 is 0. The highest BCUT2D eigenvalue weighted by Crippen LogP contribution is 2.29. The number of hydrogen-bond acceptors (Lipinski definition) is 2. The van der Waals surface area contributed by atoms with Crippen molar-refractivity contribution in [1.82, 2.24) is 5.32 Å². The van der Waals surface area contributed by atoms with Gasteiger partial charge in [-0.15, -0.1) is 0 Å². The molecule has 1 aromatic carbocycles. The van der Waals surface area contributed by atoms with E-state index in [-0.39, 0.29) is 24.4 Å². The summed E-state index contributed by atoms with van der Waals surface area (Å²) in [5.74, 6) is -0.418. The maximum atomic E-state index is 11.8. The highest BCUT2D eigenvalue weighted by atomic mass is 35.5. The SMILES string of the molecule is CC(=O)N(CC(=O)NC1CC1)c1ccc(Cl)cc1Cl. The zero-order valence-corrected chi connectivity index (χ0v) is 12.0. The summed E-state index contributed by atoms with van der Waals surface area (Å²) in [6.07, 6.45) is 2.01. The van der Waals surface area contributed by atoms with Crippen LogP contribution >= 0.6 is 23.2 Å². The Labute approximate surface area is 121 Å². The minimum Gasteiger partial charge on any atom is -0.352 e. The first-order valence-electron chi connectivity index (χ1n) is 6.00. The third-order valence-corrected chi connectivity index (χ3v) is 3.36. The second-order valence-electron chi connectivity index (χ2n) is 4.54. The Hall–Kier alpha value is -1.26. The molecule has 1 aliphatic rings. The molecule has 2 amide bonds. The van der Waals surface area contributed by atoms with E-state index in [0.29, 0.717) is 15.7 Å². The Balaban J connectivity index is 2.14. The van der Waals surface area contributed by atoms with Crippen molar-refractivity contribution in [2.45, 2.75) is 25.8 Å². The lowest BCUT2D eigenvalue weighted by Gasteiger charge is -2.21. The van der Waals surface area contributed by atoms with Crippen molar-refractivity contribution in [2.24, 2.45) is 0 Å². The first kappa shape index (κ1) is 14.2. The Morgan fingerprint density at radius 3 is 2.58 bits per heavy atom. The fraction of sp³-hybridized carbons (Fsp3) is 0.385. The van der Waals surface area contributed by atoms with Crippen molar-refractivity contribution in [3.63, 3.8) is 0 Å². The van der Waals surface area contributed by atoms with Gasteiger partial charge in [-0.3, -0.25) is 9.59 Å². The first-order valence-corrected chi connectivity index (χ1v) is 6.75. The number of benzene rings is 1. The van der Waals surface area contributed by atoms with Crippen molar-refractivity contribution < 1.29 is 9.59 Å². The van der Waals surface area contributed by atoms with Gasteiger partial charge in [0.1, 0.15) is 6.54 Å². The highest BCUT2D eigenvalue weighted by Gasteiger charge is 2.25. The molecule has 0 unspecified atom stereocenters. The smallest absolute Gasteiger partial charge is 0.240 e. The van der Waals surface area contributed by atoms with Gasteiger partial charge in [0, 0.05) is 18.0 Å². The van der Waals surface area contributed by atoms with Crippen LogP contribution in [0, 0.1) is 0 Å². The number of nitrogens with one attached hydrogen (secondary N) is 1. The Morgan fingerprint density at radius 1 is 1.37 bits per heavy atom. The molecule has 0 aliphatic heterocycles. The van der Waals surface area contributed by atoms with Gasteiger partial charge in [-0.2, -0.15) is 0 Å². The second kappa shape index (κ2) is 5.80. The molecule has 1 saturated carbocycles. The molecule has 0 spiro atoms. The largest absolute Gasteiger partial charge is 0.352 e. The van der Waals surface area contributed by atoms with E-state index in [1.807, 2.05) is 0 Å². The molecule has 2 rings (SSSR count). The predicted molar refractivity (Wildman–Crippen MR) is 75.7 cm³/mol. The van der Waals surface area contributed by atoms with Crippen molar-refractivity contribution in [1.29, 1.82) is 0 Å². The number of carbonyl (C=O) groups is 2. The quantitative estimate of drug-likeness (QED) is 0.929. The minimum absolute atomic E-state index is 0.0345. The van der Waals surface area contributed by atoms with Gasteiger partial charge in [-0.25, -0.2) is 0 Å². The lowest BCUT2D eigenvalue weighted by atomic mass is 10.2. The molecule has 0 atom stereocenters. The van der Waals surface area contributed by atoms with Crippen LogP contribution in [0.15, 0.2) is 18.2 Å². The molecule has 0 radical (unpaired) electrons. The van der Waals surface area contributed by atoms with Gasteiger partial charge < -0.3 is 10.2 Å². The minimum atomic E-state index is -0.241. The van der Waals surface area contributed by atoms with Crippen LogP contribution in [0.2, 0.25) is 10.0 Å². The molecule has 4 nitrogen and oxygen atoms in total. The van der Waals surface area contributed by atoms with Crippen LogP contribution < -0.4 is 10.2 Å². The van der Waals surface area contributed by atoms with Crippen LogP contribution in [0.1, 0.15) is 19.8 Å². The van der Waals surface area contributed by atoms with Crippen molar-refractivity contribution in [3.8, 4) is 0 Å². The summed E-state index contributed by atoms with van der Waals surface area (Å²) in [4.78, 5) is 24.8. The first-order chi connectivity index (χ1) is 8.97. The van der Waals surface area contributed by atoms with Crippen LogP contribution in [0.25, 0.3) is 0 Å². The number of carbonyl (C=O) groups excluding carboxylic acids is 2. The van der Waals surface area contributed by atoms with Crippen molar-refractivity contribution in [2.75, 3.05) is 11.4 Å². The van der Waals surface area contributed by atoms with E-state index in [1.54, 1.807) is 18.2 Å². The van der Waals surface area contributed by atoms with Gasteiger partial charge in [-0.05, 0) is 31.0 Å². The van der Waals surface area contributed by atoms with Gasteiger partial charge in [0.15, 0.2) is 0 Å². The average molecular weight is 301 g/mol. The van der Waals surface area contributed by atoms with E-state index in [9.17, 15) is 9.59 Å². The van der Waals surface area contributed by atoms with Gasteiger partial charge >= 0.3 is 0 Å². The third-order valence-electron chi connectivity index (χ3n) is 2.82. The summed E-state index contributed by atoms with van der Waals surface area (Å²) >= 11 is 11.9. The van der Waals surface area contributed by atoms with Crippen molar-refractivity contribution in [3.05, 3.63) is 28.2 Å². The summed E-state index contributed by atoms with van der Waals surface area (Å²) in [7, 11) is 0. The molecule has 0 heterocycles. The van der Waals surface area contributed by atoms with E-state index < -0.39 is 0 Å². The van der Waals surface area contributed by atoms with E-state index in [1.165, 1.54) is 11.8 Å². The van der Waals surface area contributed by atoms with Crippen molar-refractivity contribution >= 4 is 40.7 Å². The molecule has 1 fully saturated rings. The van der Waals surface area contributed by atoms with Gasteiger partial charge in [0.2, 0.25) is 11.8 Å². The van der Waals surface area contributed by atoms with Gasteiger partial charge in [0.25, 0.3) is 0 Å². The van der Waals surface area contributed by atoms with E-state index in [0.717, 1.165) is 12.8 Å². The second-order valence-corrected chi connectivity index (χ2v) is 5.39. The summed E-state index contributed by atoms with van der Waals surface area (Å²) in [5, 5.41) is 3.67. The van der Waals surface area contributed by atoms with E-state index in [4.69, 9.17) is 23.2 Å². The fourth-order valence-electron chi connectivity index (χ4n) is 1.71. The third kappa shape index (κ3) is 3.85. The van der Waals surface area contributed by atoms with E-state index in [2.05, 4.69) is 5.32 Å². The number of rotatable bonds is 4. The van der Waals surface area contributed by atoms with Crippen LogP contribution in [0.4, 0.5) is 5.69 Å². The molecule has 0 aromatic heterocycles. The van der Waals surface area contributed by atoms with Crippen LogP contribution in [0.3, 0.4) is 0 Å². The zero-order chi connectivity index (χ0) is 14.0. The molecule has 19 heavy (non-hydrogen) atoms. The summed E-state index contributed by atoms with van der Waals surface area (Å²) in [5.41, 5.74) is 0.490. The van der Waals surface area contributed by atoms with Crippen LogP contribution in [-0.4, -0.2) is 24.4 Å². The van der Waals surface area contributed by atoms with Crippen LogP contribution in [0.5, 0.6) is 0 Å². The lowest BCUT2D eigenvalue weighted by molar-refractivity contribution is -0.123. The number of hydrogen-bond donors (Lipinski definition) is 1. The Kier molecular flexibility index (Phi) is 4.32. The van der Waals surface area contributed by atoms with Gasteiger partial charge in [-0.1, -0.05) is 23.2 Å².